The molecule has 10 nitrogen and oxygen atoms in total. The van der Waals surface area contributed by atoms with Crippen LogP contribution in [0.2, 0.25) is 5.02 Å². The lowest BCUT2D eigenvalue weighted by molar-refractivity contribution is -0.384. The van der Waals surface area contributed by atoms with Crippen LogP contribution in [0.4, 0.5) is 11.4 Å². The van der Waals surface area contributed by atoms with Crippen molar-refractivity contribution in [2.45, 2.75) is 65.9 Å². The lowest BCUT2D eigenvalue weighted by atomic mass is 9.63. The van der Waals surface area contributed by atoms with E-state index in [0.717, 1.165) is 22.6 Å². The third-order valence-electron chi connectivity index (χ3n) is 9.44. The largest absolute Gasteiger partial charge is 0.487 e. The van der Waals surface area contributed by atoms with E-state index in [4.69, 9.17) is 16.3 Å². The van der Waals surface area contributed by atoms with Gasteiger partial charge in [0.15, 0.2) is 11.6 Å². The molecule has 2 aliphatic carbocycles. The van der Waals surface area contributed by atoms with E-state index in [1.165, 1.54) is 16.8 Å². The highest BCUT2D eigenvalue weighted by Gasteiger charge is 2.49. The number of halogens is 1. The van der Waals surface area contributed by atoms with Gasteiger partial charge in [-0.15, -0.1) is 5.10 Å². The Balaban J connectivity index is 1.22. The molecule has 0 saturated carbocycles. The van der Waals surface area contributed by atoms with E-state index in [1.54, 1.807) is 18.3 Å². The lowest BCUT2D eigenvalue weighted by Gasteiger charge is -2.49. The summed E-state index contributed by atoms with van der Waals surface area (Å²) in [6.45, 7) is 8.62. The van der Waals surface area contributed by atoms with Gasteiger partial charge in [-0.3, -0.25) is 19.7 Å². The minimum atomic E-state index is -0.482. The number of carbonyl (C=O) groups excluding carboxylic acids is 2. The highest BCUT2D eigenvalue weighted by Crippen LogP contribution is 2.55. The number of carbonyl (C=O) groups is 2. The molecule has 0 spiro atoms. The summed E-state index contributed by atoms with van der Waals surface area (Å²) in [5.74, 6) is 0.227. The third kappa shape index (κ3) is 6.28. The summed E-state index contributed by atoms with van der Waals surface area (Å²) in [5.41, 5.74) is 5.56. The van der Waals surface area contributed by atoms with Gasteiger partial charge >= 0.3 is 0 Å². The van der Waals surface area contributed by atoms with E-state index >= 15 is 0 Å². The SMILES string of the molecule is CC1(C)CC(=O)C2=C(C1)N(c1ccc(Cl)cc1)C1=C(C(=O)CC(C)(C)C1)C2c1ccc(OCc2cn(-c3cccc([N+](=O)[O-])c3)nn2)cc1. The number of benzene rings is 3. The fraction of sp³-hybridized carbons (Fsp3) is 0.316. The van der Waals surface area contributed by atoms with Crippen molar-refractivity contribution in [3.63, 3.8) is 0 Å². The summed E-state index contributed by atoms with van der Waals surface area (Å²) < 4.78 is 7.50. The maximum absolute atomic E-state index is 14.1. The Hall–Kier alpha value is -5.09. The molecule has 4 aromatic rings. The topological polar surface area (TPSA) is 120 Å². The molecule has 0 bridgehead atoms. The highest BCUT2D eigenvalue weighted by atomic mass is 35.5. The van der Waals surface area contributed by atoms with Gasteiger partial charge in [-0.1, -0.05) is 62.7 Å². The molecule has 0 saturated heterocycles. The van der Waals surface area contributed by atoms with Crippen LogP contribution in [0.25, 0.3) is 5.69 Å². The normalized spacial score (nSPS) is 18.8. The predicted octanol–water partition coefficient (Wildman–Crippen LogP) is 8.30. The summed E-state index contributed by atoms with van der Waals surface area (Å²) in [7, 11) is 0. The Kier molecular flexibility index (Phi) is 8.02. The Morgan fingerprint density at radius 1 is 0.857 bits per heavy atom. The van der Waals surface area contributed by atoms with E-state index in [-0.39, 0.29) is 34.7 Å². The zero-order chi connectivity index (χ0) is 34.7. The second-order valence-electron chi connectivity index (χ2n) is 14.6. The van der Waals surface area contributed by atoms with Crippen molar-refractivity contribution >= 4 is 34.5 Å². The van der Waals surface area contributed by atoms with E-state index in [1.807, 2.05) is 48.5 Å². The van der Waals surface area contributed by atoms with Crippen LogP contribution in [0.1, 0.15) is 70.6 Å². The number of ketones is 2. The molecule has 11 heteroatoms. The molecule has 1 aromatic heterocycles. The number of nitro benzene ring substituents is 1. The molecule has 0 N–H and O–H groups in total. The smallest absolute Gasteiger partial charge is 0.271 e. The van der Waals surface area contributed by atoms with E-state index in [0.29, 0.717) is 59.0 Å². The van der Waals surface area contributed by atoms with Crippen LogP contribution in [0, 0.1) is 20.9 Å². The summed E-state index contributed by atoms with van der Waals surface area (Å²) >= 11 is 6.29. The summed E-state index contributed by atoms with van der Waals surface area (Å²) in [4.78, 5) is 41.2. The second kappa shape index (κ2) is 12.1. The molecule has 0 radical (unpaired) electrons. The minimum absolute atomic E-state index is 0.0374. The van der Waals surface area contributed by atoms with Gasteiger partial charge < -0.3 is 9.64 Å². The first-order valence-corrected chi connectivity index (χ1v) is 16.6. The predicted molar refractivity (Wildman–Crippen MR) is 186 cm³/mol. The standard InChI is InChI=1S/C38H36ClN5O5/c1-37(2)17-30-35(32(45)19-37)34(36-31(18-38(3,4)20-33(36)46)43(30)26-12-10-24(39)11-13-26)23-8-14-29(15-9-23)49-22-25-21-42(41-40-25)27-6-5-7-28(16-27)44(47)48/h5-16,21,34H,17-20,22H2,1-4H3. The van der Waals surface area contributed by atoms with Gasteiger partial charge in [0.25, 0.3) is 5.69 Å². The van der Waals surface area contributed by atoms with Gasteiger partial charge in [-0.25, -0.2) is 4.68 Å². The maximum Gasteiger partial charge on any atom is 0.271 e. The van der Waals surface area contributed by atoms with Crippen LogP contribution >= 0.6 is 11.6 Å². The number of non-ortho nitro benzene ring substituents is 1. The van der Waals surface area contributed by atoms with Gasteiger partial charge in [0, 0.05) is 64.1 Å². The number of allylic oxidation sites excluding steroid dienone is 4. The fourth-order valence-electron chi connectivity index (χ4n) is 7.35. The molecule has 7 rings (SSSR count). The van der Waals surface area contributed by atoms with Crippen molar-refractivity contribution < 1.29 is 19.2 Å². The zero-order valence-corrected chi connectivity index (χ0v) is 28.5. The van der Waals surface area contributed by atoms with Crippen LogP contribution in [0.5, 0.6) is 5.75 Å². The summed E-state index contributed by atoms with van der Waals surface area (Å²) in [5, 5.41) is 20.1. The maximum atomic E-state index is 14.1. The van der Waals surface area contributed by atoms with Crippen LogP contribution < -0.4 is 9.64 Å². The summed E-state index contributed by atoms with van der Waals surface area (Å²) in [6.07, 6.45) is 3.85. The van der Waals surface area contributed by atoms with Gasteiger partial charge in [0.2, 0.25) is 0 Å². The number of rotatable bonds is 7. The number of nitrogens with zero attached hydrogens (tertiary/aromatic N) is 5. The number of hydrogen-bond acceptors (Lipinski definition) is 8. The molecule has 0 atom stereocenters. The molecule has 0 amide bonds. The highest BCUT2D eigenvalue weighted by molar-refractivity contribution is 6.30. The lowest BCUT2D eigenvalue weighted by Crippen LogP contribution is -2.44. The molecule has 250 valence electrons. The van der Waals surface area contributed by atoms with Crippen molar-refractivity contribution in [3.05, 3.63) is 128 Å². The Bertz CT molecular complexity index is 2010. The van der Waals surface area contributed by atoms with Gasteiger partial charge in [0.1, 0.15) is 18.1 Å². The minimum Gasteiger partial charge on any atom is -0.487 e. The first-order valence-electron chi connectivity index (χ1n) is 16.3. The number of Topliss-reactive ketones (excluding diaryl/α,β-unsaturated/α-hetero) is 2. The second-order valence-corrected chi connectivity index (χ2v) is 15.1. The molecule has 2 heterocycles. The van der Waals surface area contributed by atoms with Crippen LogP contribution in [-0.4, -0.2) is 31.5 Å². The number of anilines is 1. The van der Waals surface area contributed by atoms with Gasteiger partial charge in [-0.2, -0.15) is 0 Å². The quantitative estimate of drug-likeness (QED) is 0.142. The molecule has 3 aromatic carbocycles. The Morgan fingerprint density at radius 3 is 2.06 bits per heavy atom. The van der Waals surface area contributed by atoms with Crippen LogP contribution in [0.15, 0.2) is 102 Å². The fourth-order valence-corrected chi connectivity index (χ4v) is 7.48. The average Bonchev–Trinajstić information content (AvgIpc) is 3.52. The number of nitro groups is 1. The van der Waals surface area contributed by atoms with Crippen molar-refractivity contribution in [1.82, 2.24) is 15.0 Å². The van der Waals surface area contributed by atoms with Crippen molar-refractivity contribution in [2.75, 3.05) is 4.90 Å². The molecular weight excluding hydrogens is 642 g/mol. The molecule has 3 aliphatic rings. The summed E-state index contributed by atoms with van der Waals surface area (Å²) in [6, 6.07) is 21.3. The Labute approximate surface area is 289 Å². The number of aromatic nitrogens is 3. The van der Waals surface area contributed by atoms with Crippen molar-refractivity contribution in [3.8, 4) is 11.4 Å². The number of hydrogen-bond donors (Lipinski definition) is 0. The first kappa shape index (κ1) is 32.5. The molecule has 1 aliphatic heterocycles. The monoisotopic (exact) mass is 677 g/mol. The van der Waals surface area contributed by atoms with Crippen LogP contribution in [0.3, 0.4) is 0 Å². The first-order chi connectivity index (χ1) is 23.3. The third-order valence-corrected chi connectivity index (χ3v) is 9.69. The Morgan fingerprint density at radius 2 is 1.47 bits per heavy atom. The molecule has 0 fully saturated rings. The van der Waals surface area contributed by atoms with E-state index in [9.17, 15) is 19.7 Å². The molecule has 0 unspecified atom stereocenters. The van der Waals surface area contributed by atoms with E-state index < -0.39 is 10.8 Å². The van der Waals surface area contributed by atoms with Crippen LogP contribution in [-0.2, 0) is 16.2 Å². The van der Waals surface area contributed by atoms with Gasteiger partial charge in [-0.05, 0) is 71.7 Å². The van der Waals surface area contributed by atoms with Crippen molar-refractivity contribution in [2.24, 2.45) is 10.8 Å². The molecule has 49 heavy (non-hydrogen) atoms. The van der Waals surface area contributed by atoms with E-state index in [2.05, 4.69) is 42.9 Å². The number of ether oxygens (including phenoxy) is 1. The van der Waals surface area contributed by atoms with Gasteiger partial charge in [0.05, 0.1) is 16.8 Å². The molecular formula is C38H36ClN5O5. The van der Waals surface area contributed by atoms with Crippen molar-refractivity contribution in [1.29, 1.82) is 0 Å². The zero-order valence-electron chi connectivity index (χ0n) is 27.8. The average molecular weight is 678 g/mol.